The Bertz CT molecular complexity index is 135. The lowest BCUT2D eigenvalue weighted by Crippen LogP contribution is -2.40. The molecule has 3 heteroatoms. The van der Waals surface area contributed by atoms with Crippen LogP contribution in [0.25, 0.3) is 0 Å². The van der Waals surface area contributed by atoms with Crippen molar-refractivity contribution in [2.45, 2.75) is 51.1 Å². The molecule has 1 heterocycles. The summed E-state index contributed by atoms with van der Waals surface area (Å²) in [7, 11) is 0. The molecule has 3 nitrogen and oxygen atoms in total. The van der Waals surface area contributed by atoms with Crippen LogP contribution < -0.4 is 16.2 Å². The molecule has 0 aromatic rings. The van der Waals surface area contributed by atoms with Gasteiger partial charge in [0.05, 0.1) is 12.8 Å². The van der Waals surface area contributed by atoms with Crippen molar-refractivity contribution in [1.82, 2.24) is 16.2 Å². The Hall–Kier alpha value is -0.120. The number of hydrogen-bond donors (Lipinski definition) is 3. The van der Waals surface area contributed by atoms with E-state index in [0.717, 1.165) is 12.6 Å². The highest BCUT2D eigenvalue weighted by atomic mass is 15.5. The van der Waals surface area contributed by atoms with Crippen LogP contribution in [0.2, 0.25) is 0 Å². The number of hydrogen-bond acceptors (Lipinski definition) is 3. The van der Waals surface area contributed by atoms with E-state index in [1.165, 1.54) is 44.9 Å². The molecular weight excluding hydrogens is 162 g/mol. The van der Waals surface area contributed by atoms with Crippen molar-refractivity contribution in [2.75, 3.05) is 6.67 Å². The van der Waals surface area contributed by atoms with Crippen molar-refractivity contribution in [3.63, 3.8) is 0 Å². The van der Waals surface area contributed by atoms with E-state index in [4.69, 9.17) is 0 Å². The van der Waals surface area contributed by atoms with Crippen LogP contribution >= 0.6 is 0 Å². The van der Waals surface area contributed by atoms with Crippen LogP contribution in [0, 0.1) is 5.92 Å². The highest BCUT2D eigenvalue weighted by Gasteiger charge is 2.23. The summed E-state index contributed by atoms with van der Waals surface area (Å²) in [4.78, 5) is 0. The van der Waals surface area contributed by atoms with Gasteiger partial charge in [-0.3, -0.25) is 5.32 Å². The fourth-order valence-electron chi connectivity index (χ4n) is 2.48. The largest absolute Gasteiger partial charge is 0.287 e. The van der Waals surface area contributed by atoms with Gasteiger partial charge in [-0.2, -0.15) is 0 Å². The molecule has 1 aliphatic carbocycles. The summed E-state index contributed by atoms with van der Waals surface area (Å²) in [5.74, 6) is 0.843. The normalized spacial score (nSPS) is 32.8. The predicted molar refractivity (Wildman–Crippen MR) is 53.9 cm³/mol. The van der Waals surface area contributed by atoms with Crippen LogP contribution in [0.4, 0.5) is 0 Å². The predicted octanol–water partition coefficient (Wildman–Crippen LogP) is 1.33. The summed E-state index contributed by atoms with van der Waals surface area (Å²) in [5.41, 5.74) is 6.46. The number of nitrogens with one attached hydrogen (secondary N) is 3. The van der Waals surface area contributed by atoms with E-state index >= 15 is 0 Å². The lowest BCUT2D eigenvalue weighted by Gasteiger charge is -2.25. The summed E-state index contributed by atoms with van der Waals surface area (Å²) >= 11 is 0. The molecule has 76 valence electrons. The molecule has 1 atom stereocenters. The van der Waals surface area contributed by atoms with Gasteiger partial charge in [-0.1, -0.05) is 32.1 Å². The van der Waals surface area contributed by atoms with Crippen LogP contribution in [0.5, 0.6) is 0 Å². The molecule has 1 unspecified atom stereocenters. The molecule has 2 aliphatic rings. The van der Waals surface area contributed by atoms with Gasteiger partial charge in [0.15, 0.2) is 0 Å². The lowest BCUT2D eigenvalue weighted by atomic mass is 9.89. The Morgan fingerprint density at radius 3 is 2.15 bits per heavy atom. The smallest absolute Gasteiger partial charge is 0.0743 e. The monoisotopic (exact) mass is 183 g/mol. The van der Waals surface area contributed by atoms with Gasteiger partial charge in [0.25, 0.3) is 0 Å². The SMILES string of the molecule is C1CCCC(C2NCNN2)CCC1. The van der Waals surface area contributed by atoms with Gasteiger partial charge in [-0.05, 0) is 18.8 Å². The molecule has 1 aliphatic heterocycles. The van der Waals surface area contributed by atoms with E-state index in [0.29, 0.717) is 6.17 Å². The maximum Gasteiger partial charge on any atom is 0.0743 e. The van der Waals surface area contributed by atoms with Crippen LogP contribution in [0.1, 0.15) is 44.9 Å². The molecule has 0 bridgehead atoms. The van der Waals surface area contributed by atoms with E-state index < -0.39 is 0 Å². The molecule has 13 heavy (non-hydrogen) atoms. The van der Waals surface area contributed by atoms with Gasteiger partial charge in [0.1, 0.15) is 0 Å². The maximum atomic E-state index is 3.45. The van der Waals surface area contributed by atoms with E-state index in [1.807, 2.05) is 0 Å². The minimum absolute atomic E-state index is 0.526. The summed E-state index contributed by atoms with van der Waals surface area (Å²) in [5, 5.41) is 3.45. The van der Waals surface area contributed by atoms with Crippen LogP contribution in [0.15, 0.2) is 0 Å². The molecule has 1 saturated carbocycles. The Balaban J connectivity index is 1.80. The molecule has 2 fully saturated rings. The van der Waals surface area contributed by atoms with E-state index in [-0.39, 0.29) is 0 Å². The molecular formula is C10H21N3. The summed E-state index contributed by atoms with van der Waals surface area (Å²) in [6.07, 6.45) is 10.5. The molecule has 0 radical (unpaired) electrons. The number of hydrazine groups is 1. The van der Waals surface area contributed by atoms with Crippen LogP contribution in [0.3, 0.4) is 0 Å². The third kappa shape index (κ3) is 2.66. The van der Waals surface area contributed by atoms with Crippen molar-refractivity contribution in [1.29, 1.82) is 0 Å². The molecule has 0 spiro atoms. The second kappa shape index (κ2) is 4.94. The first kappa shape index (κ1) is 9.44. The second-order valence-electron chi connectivity index (χ2n) is 4.28. The molecule has 0 amide bonds. The highest BCUT2D eigenvalue weighted by Crippen LogP contribution is 2.24. The van der Waals surface area contributed by atoms with Gasteiger partial charge in [0, 0.05) is 0 Å². The lowest BCUT2D eigenvalue weighted by molar-refractivity contribution is 0.282. The summed E-state index contributed by atoms with van der Waals surface area (Å²) in [6.45, 7) is 0.918. The molecule has 2 rings (SSSR count). The second-order valence-corrected chi connectivity index (χ2v) is 4.28. The average Bonchev–Trinajstić information content (AvgIpc) is 2.55. The third-order valence-corrected chi connectivity index (χ3v) is 3.29. The van der Waals surface area contributed by atoms with Crippen molar-refractivity contribution in [2.24, 2.45) is 5.92 Å². The van der Waals surface area contributed by atoms with Gasteiger partial charge >= 0.3 is 0 Å². The Labute approximate surface area is 80.6 Å². The quantitative estimate of drug-likeness (QED) is 0.574. The first-order valence-corrected chi connectivity index (χ1v) is 5.68. The fourth-order valence-corrected chi connectivity index (χ4v) is 2.48. The first-order chi connectivity index (χ1) is 6.47. The minimum Gasteiger partial charge on any atom is -0.287 e. The zero-order chi connectivity index (χ0) is 8.93. The summed E-state index contributed by atoms with van der Waals surface area (Å²) < 4.78 is 0. The van der Waals surface area contributed by atoms with E-state index in [1.54, 1.807) is 0 Å². The van der Waals surface area contributed by atoms with Crippen molar-refractivity contribution < 1.29 is 0 Å². The Morgan fingerprint density at radius 2 is 1.54 bits per heavy atom. The van der Waals surface area contributed by atoms with Crippen molar-refractivity contribution in [3.05, 3.63) is 0 Å². The van der Waals surface area contributed by atoms with Crippen LogP contribution in [-0.2, 0) is 0 Å². The third-order valence-electron chi connectivity index (χ3n) is 3.29. The van der Waals surface area contributed by atoms with Crippen molar-refractivity contribution >= 4 is 0 Å². The minimum atomic E-state index is 0.526. The van der Waals surface area contributed by atoms with Crippen LogP contribution in [-0.4, -0.2) is 12.8 Å². The molecule has 0 aromatic carbocycles. The zero-order valence-corrected chi connectivity index (χ0v) is 8.31. The molecule has 1 saturated heterocycles. The fraction of sp³-hybridized carbons (Fsp3) is 1.00. The first-order valence-electron chi connectivity index (χ1n) is 5.68. The Morgan fingerprint density at radius 1 is 0.846 bits per heavy atom. The topological polar surface area (TPSA) is 36.1 Å². The van der Waals surface area contributed by atoms with E-state index in [2.05, 4.69) is 16.2 Å². The van der Waals surface area contributed by atoms with Crippen molar-refractivity contribution in [3.8, 4) is 0 Å². The zero-order valence-electron chi connectivity index (χ0n) is 8.31. The van der Waals surface area contributed by atoms with Gasteiger partial charge in [-0.25, -0.2) is 10.9 Å². The van der Waals surface area contributed by atoms with Gasteiger partial charge < -0.3 is 0 Å². The maximum absolute atomic E-state index is 3.45. The highest BCUT2D eigenvalue weighted by molar-refractivity contribution is 4.77. The average molecular weight is 183 g/mol. The Kier molecular flexibility index (Phi) is 3.58. The number of rotatable bonds is 1. The van der Waals surface area contributed by atoms with Gasteiger partial charge in [-0.15, -0.1) is 0 Å². The molecule has 0 aromatic heterocycles. The summed E-state index contributed by atoms with van der Waals surface area (Å²) in [6, 6.07) is 0. The standard InChI is InChI=1S/C10H21N3/c1-2-4-6-9(7-5-3-1)10-11-8-12-13-10/h9-13H,1-8H2. The molecule has 3 N–H and O–H groups in total. The van der Waals surface area contributed by atoms with Gasteiger partial charge in [0.2, 0.25) is 0 Å². The van der Waals surface area contributed by atoms with E-state index in [9.17, 15) is 0 Å².